The molecule has 0 spiro atoms. The Hall–Kier alpha value is -2.13. The van der Waals surface area contributed by atoms with E-state index in [1.165, 1.54) is 5.56 Å². The summed E-state index contributed by atoms with van der Waals surface area (Å²) in [5, 5.41) is 0. The van der Waals surface area contributed by atoms with E-state index < -0.39 is 17.4 Å². The molecule has 3 heteroatoms. The van der Waals surface area contributed by atoms with Crippen LogP contribution in [0.3, 0.4) is 0 Å². The highest BCUT2D eigenvalue weighted by molar-refractivity contribution is 5.81. The van der Waals surface area contributed by atoms with Gasteiger partial charge in [0.15, 0.2) is 0 Å². The van der Waals surface area contributed by atoms with Crippen molar-refractivity contribution in [1.82, 2.24) is 0 Å². The first kappa shape index (κ1) is 15.3. The second-order valence-corrected chi connectivity index (χ2v) is 5.83. The van der Waals surface area contributed by atoms with E-state index in [0.29, 0.717) is 6.42 Å². The molecule has 0 heterocycles. The van der Waals surface area contributed by atoms with Gasteiger partial charge in [0, 0.05) is 5.41 Å². The molecule has 110 valence electrons. The predicted octanol–water partition coefficient (Wildman–Crippen LogP) is 2.31. The number of hydrogen-bond donors (Lipinski definition) is 2. The molecule has 0 radical (unpaired) electrons. The van der Waals surface area contributed by atoms with Crippen LogP contribution in [0, 0.1) is 6.92 Å². The monoisotopic (exact) mass is 282 g/mol. The Morgan fingerprint density at radius 1 is 1.10 bits per heavy atom. The molecule has 2 atom stereocenters. The third-order valence-electron chi connectivity index (χ3n) is 4.12. The fraction of sp³-hybridized carbons (Fsp3) is 0.278. The normalized spacial score (nSPS) is 15.2. The Kier molecular flexibility index (Phi) is 4.43. The Morgan fingerprint density at radius 3 is 2.19 bits per heavy atom. The van der Waals surface area contributed by atoms with E-state index in [2.05, 4.69) is 0 Å². The molecule has 0 aliphatic heterocycles. The number of aryl methyl sites for hydroxylation is 1. The molecule has 0 aliphatic rings. The summed E-state index contributed by atoms with van der Waals surface area (Å²) in [6, 6.07) is 17.4. The molecule has 2 unspecified atom stereocenters. The number of rotatable bonds is 5. The first-order chi connectivity index (χ1) is 9.93. The second-order valence-electron chi connectivity index (χ2n) is 5.83. The smallest absolute Gasteiger partial charge is 0.235 e. The molecule has 2 rings (SSSR count). The lowest BCUT2D eigenvalue weighted by atomic mass is 9.71. The summed E-state index contributed by atoms with van der Waals surface area (Å²) in [5.74, 6) is -0.478. The summed E-state index contributed by atoms with van der Waals surface area (Å²) in [4.78, 5) is 11.7. The van der Waals surface area contributed by atoms with Gasteiger partial charge in [0.1, 0.15) is 0 Å². The molecule has 1 amide bonds. The zero-order valence-corrected chi connectivity index (χ0v) is 12.5. The predicted molar refractivity (Wildman–Crippen MR) is 85.8 cm³/mol. The van der Waals surface area contributed by atoms with Gasteiger partial charge in [0.25, 0.3) is 0 Å². The van der Waals surface area contributed by atoms with Crippen LogP contribution in [0.4, 0.5) is 0 Å². The molecule has 0 fully saturated rings. The van der Waals surface area contributed by atoms with Crippen molar-refractivity contribution in [2.24, 2.45) is 11.5 Å². The minimum atomic E-state index is -0.736. The van der Waals surface area contributed by atoms with E-state index in [1.54, 1.807) is 0 Å². The molecule has 0 aliphatic carbocycles. The summed E-state index contributed by atoms with van der Waals surface area (Å²) >= 11 is 0. The van der Waals surface area contributed by atoms with E-state index in [0.717, 1.165) is 11.1 Å². The average molecular weight is 282 g/mol. The van der Waals surface area contributed by atoms with Gasteiger partial charge in [-0.2, -0.15) is 0 Å². The van der Waals surface area contributed by atoms with Gasteiger partial charge in [-0.05, 0) is 24.5 Å². The molecule has 2 aromatic carbocycles. The van der Waals surface area contributed by atoms with Crippen molar-refractivity contribution >= 4 is 5.91 Å². The maximum Gasteiger partial charge on any atom is 0.235 e. The van der Waals surface area contributed by atoms with Crippen molar-refractivity contribution in [3.05, 3.63) is 71.3 Å². The van der Waals surface area contributed by atoms with Gasteiger partial charge in [-0.1, -0.05) is 67.1 Å². The van der Waals surface area contributed by atoms with Gasteiger partial charge < -0.3 is 11.5 Å². The SMILES string of the molecule is Cc1ccc(C(C)(Cc2ccccc2)C(N)C(N)=O)cc1. The Morgan fingerprint density at radius 2 is 1.67 bits per heavy atom. The Bertz CT molecular complexity index is 607. The van der Waals surface area contributed by atoms with E-state index in [9.17, 15) is 4.79 Å². The third kappa shape index (κ3) is 3.31. The second kappa shape index (κ2) is 6.10. The lowest BCUT2D eigenvalue weighted by Gasteiger charge is -2.34. The first-order valence-electron chi connectivity index (χ1n) is 7.09. The fourth-order valence-corrected chi connectivity index (χ4v) is 2.66. The summed E-state index contributed by atoms with van der Waals surface area (Å²) in [6.07, 6.45) is 0.668. The number of nitrogens with two attached hydrogens (primary N) is 2. The van der Waals surface area contributed by atoms with Gasteiger partial charge in [-0.25, -0.2) is 0 Å². The molecule has 4 N–H and O–H groups in total. The summed E-state index contributed by atoms with van der Waals surface area (Å²) in [7, 11) is 0. The molecular formula is C18H22N2O. The molecule has 3 nitrogen and oxygen atoms in total. The number of carbonyl (C=O) groups excluding carboxylic acids is 1. The van der Waals surface area contributed by atoms with Crippen LogP contribution >= 0.6 is 0 Å². The van der Waals surface area contributed by atoms with Crippen LogP contribution < -0.4 is 11.5 Å². The van der Waals surface area contributed by atoms with Crippen molar-refractivity contribution in [3.63, 3.8) is 0 Å². The van der Waals surface area contributed by atoms with Crippen molar-refractivity contribution < 1.29 is 4.79 Å². The Balaban J connectivity index is 2.43. The number of carbonyl (C=O) groups is 1. The molecular weight excluding hydrogens is 260 g/mol. The van der Waals surface area contributed by atoms with Crippen LogP contribution in [0.5, 0.6) is 0 Å². The molecule has 0 aromatic heterocycles. The maximum absolute atomic E-state index is 11.7. The summed E-state index contributed by atoms with van der Waals surface area (Å²) in [6.45, 7) is 4.03. The number of hydrogen-bond acceptors (Lipinski definition) is 2. The van der Waals surface area contributed by atoms with Gasteiger partial charge in [0.2, 0.25) is 5.91 Å². The number of primary amides is 1. The van der Waals surface area contributed by atoms with Gasteiger partial charge in [0.05, 0.1) is 6.04 Å². The van der Waals surface area contributed by atoms with Crippen LogP contribution in [0.1, 0.15) is 23.6 Å². The molecule has 0 bridgehead atoms. The molecule has 21 heavy (non-hydrogen) atoms. The fourth-order valence-electron chi connectivity index (χ4n) is 2.66. The van der Waals surface area contributed by atoms with Crippen molar-refractivity contribution in [3.8, 4) is 0 Å². The lowest BCUT2D eigenvalue weighted by molar-refractivity contribution is -0.120. The van der Waals surface area contributed by atoms with Gasteiger partial charge in [-0.15, -0.1) is 0 Å². The van der Waals surface area contributed by atoms with E-state index >= 15 is 0 Å². The minimum absolute atomic E-state index is 0.478. The highest BCUT2D eigenvalue weighted by atomic mass is 16.1. The molecule has 0 saturated heterocycles. The van der Waals surface area contributed by atoms with Crippen LogP contribution in [-0.4, -0.2) is 11.9 Å². The van der Waals surface area contributed by atoms with E-state index in [1.807, 2.05) is 68.4 Å². The third-order valence-corrected chi connectivity index (χ3v) is 4.12. The molecule has 2 aromatic rings. The first-order valence-corrected chi connectivity index (χ1v) is 7.09. The largest absolute Gasteiger partial charge is 0.368 e. The highest BCUT2D eigenvalue weighted by Crippen LogP contribution is 2.31. The van der Waals surface area contributed by atoms with Crippen LogP contribution in [0.15, 0.2) is 54.6 Å². The zero-order chi connectivity index (χ0) is 15.5. The van der Waals surface area contributed by atoms with Crippen LogP contribution in [-0.2, 0) is 16.6 Å². The quantitative estimate of drug-likeness (QED) is 0.883. The minimum Gasteiger partial charge on any atom is -0.368 e. The van der Waals surface area contributed by atoms with Crippen molar-refractivity contribution in [2.45, 2.75) is 31.7 Å². The van der Waals surface area contributed by atoms with Crippen LogP contribution in [0.2, 0.25) is 0 Å². The van der Waals surface area contributed by atoms with Gasteiger partial charge >= 0.3 is 0 Å². The highest BCUT2D eigenvalue weighted by Gasteiger charge is 2.37. The van der Waals surface area contributed by atoms with Crippen molar-refractivity contribution in [1.29, 1.82) is 0 Å². The van der Waals surface area contributed by atoms with E-state index in [-0.39, 0.29) is 0 Å². The Labute approximate surface area is 126 Å². The van der Waals surface area contributed by atoms with Gasteiger partial charge in [-0.3, -0.25) is 4.79 Å². The summed E-state index contributed by atoms with van der Waals surface area (Å²) in [5.41, 5.74) is 14.4. The van der Waals surface area contributed by atoms with Crippen LogP contribution in [0.25, 0.3) is 0 Å². The number of benzene rings is 2. The topological polar surface area (TPSA) is 69.1 Å². The van der Waals surface area contributed by atoms with E-state index in [4.69, 9.17) is 11.5 Å². The average Bonchev–Trinajstić information content (AvgIpc) is 2.47. The lowest BCUT2D eigenvalue weighted by Crippen LogP contribution is -2.52. The summed E-state index contributed by atoms with van der Waals surface area (Å²) < 4.78 is 0. The molecule has 0 saturated carbocycles. The maximum atomic E-state index is 11.7. The van der Waals surface area contributed by atoms with Crippen molar-refractivity contribution in [2.75, 3.05) is 0 Å². The standard InChI is InChI=1S/C18H22N2O/c1-13-8-10-15(11-9-13)18(2,16(19)17(20)21)12-14-6-4-3-5-7-14/h3-11,16H,12,19H2,1-2H3,(H2,20,21). The zero-order valence-electron chi connectivity index (χ0n) is 12.5. The number of amides is 1.